The molecule has 0 aliphatic carbocycles. The van der Waals surface area contributed by atoms with E-state index in [9.17, 15) is 4.79 Å². The lowest BCUT2D eigenvalue weighted by molar-refractivity contribution is -1.02. The van der Waals surface area contributed by atoms with Gasteiger partial charge in [-0.3, -0.25) is 4.79 Å². The summed E-state index contributed by atoms with van der Waals surface area (Å²) >= 11 is 0. The topological polar surface area (TPSA) is 85.3 Å². The highest BCUT2D eigenvalue weighted by Gasteiger charge is 2.39. The predicted molar refractivity (Wildman–Crippen MR) is 116 cm³/mol. The van der Waals surface area contributed by atoms with Gasteiger partial charge < -0.3 is 14.8 Å². The minimum Gasteiger partial charge on any atom is -0.328 e. The lowest BCUT2D eigenvalue weighted by atomic mass is 9.98. The Morgan fingerprint density at radius 1 is 1.20 bits per heavy atom. The van der Waals surface area contributed by atoms with Gasteiger partial charge in [0.1, 0.15) is 26.2 Å². The van der Waals surface area contributed by atoms with Gasteiger partial charge >= 0.3 is 0 Å². The van der Waals surface area contributed by atoms with Crippen LogP contribution in [-0.4, -0.2) is 58.4 Å². The molecule has 0 unspecified atom stereocenters. The first kappa shape index (κ1) is 20.7. The summed E-state index contributed by atoms with van der Waals surface area (Å²) in [7, 11) is 2.22. The Morgan fingerprint density at radius 3 is 2.63 bits per heavy atom. The van der Waals surface area contributed by atoms with Crippen molar-refractivity contribution in [2.45, 2.75) is 45.7 Å². The van der Waals surface area contributed by atoms with Crippen LogP contribution >= 0.6 is 0 Å². The molecule has 3 heterocycles. The van der Waals surface area contributed by atoms with Gasteiger partial charge in [0.25, 0.3) is 5.56 Å². The van der Waals surface area contributed by atoms with Crippen molar-refractivity contribution >= 4 is 10.9 Å². The number of nitrogens with zero attached hydrogens (tertiary/aromatic N) is 4. The number of aromatic amines is 1. The average Bonchev–Trinajstić information content (AvgIpc) is 3.20. The third-order valence-corrected chi connectivity index (χ3v) is 6.69. The van der Waals surface area contributed by atoms with Crippen LogP contribution < -0.4 is 15.4 Å². The Hall–Kier alpha value is -2.58. The molecule has 4 rings (SSSR count). The fraction of sp³-hybridized carbons (Fsp3) is 0.545. The zero-order chi connectivity index (χ0) is 21.5. The van der Waals surface area contributed by atoms with Gasteiger partial charge in [0.05, 0.1) is 18.2 Å². The van der Waals surface area contributed by atoms with Gasteiger partial charge in [-0.15, -0.1) is 5.10 Å². The molecule has 0 radical (unpaired) electrons. The average molecular weight is 412 g/mol. The number of tetrazole rings is 1. The van der Waals surface area contributed by atoms with E-state index in [2.05, 4.69) is 60.5 Å². The number of fused-ring (bicyclic) bond motifs is 1. The predicted octanol–water partition coefficient (Wildman–Crippen LogP) is -0.529. The number of benzene rings is 1. The first-order valence-corrected chi connectivity index (χ1v) is 10.9. The summed E-state index contributed by atoms with van der Waals surface area (Å²) in [5.74, 6) is 0.772. The molecule has 1 aromatic carbocycles. The third-order valence-electron chi connectivity index (χ3n) is 6.69. The van der Waals surface area contributed by atoms with Crippen LogP contribution in [0.15, 0.2) is 29.1 Å². The molecule has 8 nitrogen and oxygen atoms in total. The number of likely N-dealkylation sites (N-methyl/N-ethyl adjacent to an activating group) is 1. The summed E-state index contributed by atoms with van der Waals surface area (Å²) in [6.45, 7) is 12.5. The molecule has 1 atom stereocenters. The van der Waals surface area contributed by atoms with Crippen LogP contribution in [0.2, 0.25) is 0 Å². The number of H-pyrrole nitrogens is 1. The second kappa shape index (κ2) is 7.92. The number of nitrogens with one attached hydrogen (secondary N) is 3. The Bertz CT molecular complexity index is 1090. The largest absolute Gasteiger partial charge is 0.328 e. The maximum atomic E-state index is 13.3. The molecular formula is C22H33N7O+2. The van der Waals surface area contributed by atoms with Crippen LogP contribution in [0.25, 0.3) is 10.9 Å². The first-order valence-electron chi connectivity index (χ1n) is 10.9. The summed E-state index contributed by atoms with van der Waals surface area (Å²) in [4.78, 5) is 19.2. The van der Waals surface area contributed by atoms with Crippen molar-refractivity contribution in [2.24, 2.45) is 0 Å². The number of aryl methyl sites for hydroxylation is 1. The lowest BCUT2D eigenvalue weighted by Gasteiger charge is -2.34. The molecule has 160 valence electrons. The number of piperazine rings is 1. The Labute approximate surface area is 176 Å². The Kier molecular flexibility index (Phi) is 5.46. The van der Waals surface area contributed by atoms with E-state index in [0.29, 0.717) is 0 Å². The maximum absolute atomic E-state index is 13.3. The van der Waals surface area contributed by atoms with E-state index in [1.54, 1.807) is 0 Å². The second-order valence-corrected chi connectivity index (χ2v) is 9.31. The highest BCUT2D eigenvalue weighted by Crippen LogP contribution is 2.25. The van der Waals surface area contributed by atoms with Crippen molar-refractivity contribution in [3.8, 4) is 0 Å². The van der Waals surface area contributed by atoms with Gasteiger partial charge in [-0.2, -0.15) is 0 Å². The number of quaternary nitrogens is 2. The molecule has 0 bridgehead atoms. The van der Waals surface area contributed by atoms with Gasteiger partial charge in [-0.25, -0.2) is 4.68 Å². The van der Waals surface area contributed by atoms with Crippen LogP contribution in [0.5, 0.6) is 0 Å². The molecule has 1 aliphatic rings. The van der Waals surface area contributed by atoms with Crippen molar-refractivity contribution < 1.29 is 9.80 Å². The van der Waals surface area contributed by atoms with E-state index in [4.69, 9.17) is 0 Å². The molecule has 1 aliphatic heterocycles. The molecule has 3 aromatic rings. The van der Waals surface area contributed by atoms with Gasteiger partial charge in [-0.1, -0.05) is 19.1 Å². The van der Waals surface area contributed by atoms with Gasteiger partial charge in [0, 0.05) is 5.52 Å². The molecule has 2 aromatic heterocycles. The smallest absolute Gasteiger partial charge is 0.258 e. The third kappa shape index (κ3) is 3.77. The van der Waals surface area contributed by atoms with Gasteiger partial charge in [0.2, 0.25) is 5.82 Å². The zero-order valence-corrected chi connectivity index (χ0v) is 18.6. The van der Waals surface area contributed by atoms with Crippen LogP contribution in [0.3, 0.4) is 0 Å². The number of rotatable bonds is 5. The SMILES string of the molecule is CCC(C)(C)n1nnnc1[C@@H](c1cc2ccc(C)cc2[nH]c1=O)[NH+]1CC[NH+](C)CC1. The standard InChI is InChI=1S/C22H31N7O/c1-6-22(3,4)29-20(24-25-26-29)19(28-11-9-27(5)10-12-28)17-14-16-8-7-15(2)13-18(16)23-21(17)30/h7-8,13-14,19H,6,9-12H2,1-5H3,(H,23,30)/p+2/t19-/m1/s1. The van der Waals surface area contributed by atoms with Gasteiger partial charge in [0.15, 0.2) is 6.04 Å². The van der Waals surface area contributed by atoms with E-state index in [0.717, 1.165) is 60.5 Å². The maximum Gasteiger partial charge on any atom is 0.258 e. The van der Waals surface area contributed by atoms with E-state index in [1.165, 1.54) is 9.80 Å². The van der Waals surface area contributed by atoms with Crippen molar-refractivity contribution in [1.82, 2.24) is 25.2 Å². The van der Waals surface area contributed by atoms with Crippen molar-refractivity contribution in [3.63, 3.8) is 0 Å². The number of pyridine rings is 1. The number of aromatic nitrogens is 5. The second-order valence-electron chi connectivity index (χ2n) is 9.31. The van der Waals surface area contributed by atoms with Crippen LogP contribution in [0.1, 0.15) is 50.2 Å². The van der Waals surface area contributed by atoms with Crippen molar-refractivity contribution in [2.75, 3.05) is 33.2 Å². The molecule has 1 saturated heterocycles. The van der Waals surface area contributed by atoms with Crippen LogP contribution in [-0.2, 0) is 5.54 Å². The fourth-order valence-corrected chi connectivity index (χ4v) is 4.33. The quantitative estimate of drug-likeness (QED) is 0.527. The van der Waals surface area contributed by atoms with Crippen molar-refractivity contribution in [1.29, 1.82) is 0 Å². The van der Waals surface area contributed by atoms with Gasteiger partial charge in [-0.05, 0) is 60.7 Å². The zero-order valence-electron chi connectivity index (χ0n) is 18.6. The Morgan fingerprint density at radius 2 is 1.93 bits per heavy atom. The molecule has 0 saturated carbocycles. The highest BCUT2D eigenvalue weighted by atomic mass is 16.1. The minimum atomic E-state index is -0.227. The fourth-order valence-electron chi connectivity index (χ4n) is 4.33. The van der Waals surface area contributed by atoms with Crippen LogP contribution in [0, 0.1) is 6.92 Å². The van der Waals surface area contributed by atoms with Crippen LogP contribution in [0.4, 0.5) is 0 Å². The Balaban J connectivity index is 1.88. The molecule has 3 N–H and O–H groups in total. The molecule has 30 heavy (non-hydrogen) atoms. The summed E-state index contributed by atoms with van der Waals surface area (Å²) in [6.07, 6.45) is 0.896. The number of hydrogen-bond acceptors (Lipinski definition) is 4. The summed E-state index contributed by atoms with van der Waals surface area (Å²) in [5.41, 5.74) is 2.46. The van der Waals surface area contributed by atoms with Crippen molar-refractivity contribution in [3.05, 3.63) is 51.6 Å². The molecule has 8 heteroatoms. The molecular weight excluding hydrogens is 378 g/mol. The molecule has 0 spiro atoms. The van der Waals surface area contributed by atoms with E-state index >= 15 is 0 Å². The minimum absolute atomic E-state index is 0.0549. The monoisotopic (exact) mass is 411 g/mol. The molecule has 0 amide bonds. The summed E-state index contributed by atoms with van der Waals surface area (Å²) < 4.78 is 1.93. The normalized spacial score (nSPS) is 21.1. The van der Waals surface area contributed by atoms with E-state index in [-0.39, 0.29) is 17.1 Å². The summed E-state index contributed by atoms with van der Waals surface area (Å²) in [6, 6.07) is 8.01. The van der Waals surface area contributed by atoms with E-state index in [1.807, 2.05) is 23.7 Å². The summed E-state index contributed by atoms with van der Waals surface area (Å²) in [5, 5.41) is 13.9. The lowest BCUT2D eigenvalue weighted by Crippen LogP contribution is -3.27. The molecule has 1 fully saturated rings. The number of hydrogen-bond donors (Lipinski definition) is 3. The highest BCUT2D eigenvalue weighted by molar-refractivity contribution is 5.79. The van der Waals surface area contributed by atoms with E-state index < -0.39 is 0 Å². The first-order chi connectivity index (χ1) is 14.3.